The topological polar surface area (TPSA) is 76.2 Å². The van der Waals surface area contributed by atoms with Crippen LogP contribution in [0.5, 0.6) is 0 Å². The Hall–Kier alpha value is -1.66. The predicted molar refractivity (Wildman–Crippen MR) is 59.3 cm³/mol. The first-order valence-electron chi connectivity index (χ1n) is 4.15. The molecular formula is C9H5ClN2O3S. The maximum absolute atomic E-state index is 10.3. The van der Waals surface area contributed by atoms with Gasteiger partial charge < -0.3 is 9.52 Å². The highest BCUT2D eigenvalue weighted by molar-refractivity contribution is 7.19. The van der Waals surface area contributed by atoms with Gasteiger partial charge >= 0.3 is 5.97 Å². The molecule has 0 aliphatic heterocycles. The highest BCUT2D eigenvalue weighted by Crippen LogP contribution is 2.29. The van der Waals surface area contributed by atoms with Gasteiger partial charge in [0.25, 0.3) is 5.89 Å². The third-order valence-electron chi connectivity index (χ3n) is 1.59. The summed E-state index contributed by atoms with van der Waals surface area (Å²) in [5.41, 5.74) is 0. The summed E-state index contributed by atoms with van der Waals surface area (Å²) in [6.45, 7) is 0. The molecule has 2 aromatic rings. The second-order valence-corrected chi connectivity index (χ2v) is 4.44. The summed E-state index contributed by atoms with van der Waals surface area (Å²) in [6, 6.07) is 3.48. The van der Waals surface area contributed by atoms with Crippen LogP contribution in [0.25, 0.3) is 16.8 Å². The minimum atomic E-state index is -1.07. The summed E-state index contributed by atoms with van der Waals surface area (Å²) in [6.07, 6.45) is 2.16. The molecule has 0 aliphatic carbocycles. The summed E-state index contributed by atoms with van der Waals surface area (Å²) >= 11 is 7.06. The minimum absolute atomic E-state index is 0.141. The molecule has 0 unspecified atom stereocenters. The van der Waals surface area contributed by atoms with Crippen molar-refractivity contribution < 1.29 is 14.3 Å². The fraction of sp³-hybridized carbons (Fsp3) is 0. The smallest absolute Gasteiger partial charge is 0.328 e. The second kappa shape index (κ2) is 4.46. The fourth-order valence-corrected chi connectivity index (χ4v) is 1.94. The highest BCUT2D eigenvalue weighted by Gasteiger charge is 2.09. The standard InChI is InChI=1S/C9H5ClN2O3S/c10-6-2-1-5(16-6)9-12-11-7(15-9)3-4-8(13)14/h1-4H,(H,13,14)/b4-3+. The number of carbonyl (C=O) groups is 1. The summed E-state index contributed by atoms with van der Waals surface area (Å²) in [4.78, 5) is 11.0. The Kier molecular flexibility index (Phi) is 3.02. The predicted octanol–water partition coefficient (Wildman–Crippen LogP) is 2.55. The second-order valence-electron chi connectivity index (χ2n) is 2.72. The third-order valence-corrected chi connectivity index (χ3v) is 2.81. The van der Waals surface area contributed by atoms with Gasteiger partial charge in [-0.15, -0.1) is 21.5 Å². The molecule has 0 aliphatic rings. The zero-order valence-electron chi connectivity index (χ0n) is 7.75. The first-order chi connectivity index (χ1) is 7.65. The molecule has 7 heteroatoms. The van der Waals surface area contributed by atoms with Gasteiger partial charge in [0.1, 0.15) is 0 Å². The van der Waals surface area contributed by atoms with Crippen molar-refractivity contribution >= 4 is 35.0 Å². The Morgan fingerprint density at radius 2 is 2.31 bits per heavy atom. The monoisotopic (exact) mass is 256 g/mol. The lowest BCUT2D eigenvalue weighted by Crippen LogP contribution is -1.85. The number of aliphatic carboxylic acids is 1. The van der Waals surface area contributed by atoms with Gasteiger partial charge in [-0.05, 0) is 12.1 Å². The lowest BCUT2D eigenvalue weighted by molar-refractivity contribution is -0.131. The van der Waals surface area contributed by atoms with Crippen LogP contribution in [-0.4, -0.2) is 21.3 Å². The van der Waals surface area contributed by atoms with Crippen LogP contribution in [0.15, 0.2) is 22.6 Å². The van der Waals surface area contributed by atoms with Crippen LogP contribution in [0.3, 0.4) is 0 Å². The van der Waals surface area contributed by atoms with Gasteiger partial charge in [0.05, 0.1) is 9.21 Å². The van der Waals surface area contributed by atoms with Gasteiger partial charge in [0.15, 0.2) is 0 Å². The molecule has 0 atom stereocenters. The Bertz CT molecular complexity index is 546. The Morgan fingerprint density at radius 1 is 1.50 bits per heavy atom. The zero-order chi connectivity index (χ0) is 11.5. The Balaban J connectivity index is 2.23. The van der Waals surface area contributed by atoms with E-state index in [9.17, 15) is 4.79 Å². The molecule has 0 saturated carbocycles. The number of carboxylic acids is 1. The van der Waals surface area contributed by atoms with Gasteiger partial charge in [0, 0.05) is 12.2 Å². The van der Waals surface area contributed by atoms with E-state index in [4.69, 9.17) is 21.1 Å². The molecule has 2 heterocycles. The maximum Gasteiger partial charge on any atom is 0.328 e. The Labute approximate surface area is 99.0 Å². The van der Waals surface area contributed by atoms with Gasteiger partial charge in [-0.1, -0.05) is 11.6 Å². The fourth-order valence-electron chi connectivity index (χ4n) is 0.973. The van der Waals surface area contributed by atoms with Gasteiger partial charge in [-0.2, -0.15) is 0 Å². The summed E-state index contributed by atoms with van der Waals surface area (Å²) < 4.78 is 5.83. The SMILES string of the molecule is O=C(O)/C=C/c1nnc(-c2ccc(Cl)s2)o1. The number of halogens is 1. The molecule has 1 N–H and O–H groups in total. The van der Waals surface area contributed by atoms with Crippen molar-refractivity contribution in [2.45, 2.75) is 0 Å². The molecule has 0 amide bonds. The number of rotatable bonds is 3. The van der Waals surface area contributed by atoms with E-state index in [0.717, 1.165) is 11.0 Å². The van der Waals surface area contributed by atoms with E-state index < -0.39 is 5.97 Å². The van der Waals surface area contributed by atoms with Crippen molar-refractivity contribution in [3.8, 4) is 10.8 Å². The van der Waals surface area contributed by atoms with Crippen LogP contribution in [0, 0.1) is 0 Å². The molecule has 0 spiro atoms. The van der Waals surface area contributed by atoms with Crippen LogP contribution in [-0.2, 0) is 4.79 Å². The molecule has 0 saturated heterocycles. The number of hydrogen-bond donors (Lipinski definition) is 1. The van der Waals surface area contributed by atoms with E-state index in [-0.39, 0.29) is 5.89 Å². The summed E-state index contributed by atoms with van der Waals surface area (Å²) in [5.74, 6) is -0.609. The highest BCUT2D eigenvalue weighted by atomic mass is 35.5. The van der Waals surface area contributed by atoms with Crippen molar-refractivity contribution in [3.63, 3.8) is 0 Å². The molecule has 0 fully saturated rings. The van der Waals surface area contributed by atoms with Gasteiger partial charge in [-0.25, -0.2) is 4.79 Å². The molecular weight excluding hydrogens is 252 g/mol. The average molecular weight is 257 g/mol. The van der Waals surface area contributed by atoms with Crippen molar-refractivity contribution in [1.29, 1.82) is 0 Å². The van der Waals surface area contributed by atoms with Crippen LogP contribution < -0.4 is 0 Å². The quantitative estimate of drug-likeness (QED) is 0.854. The van der Waals surface area contributed by atoms with E-state index >= 15 is 0 Å². The van der Waals surface area contributed by atoms with Gasteiger partial charge in [-0.3, -0.25) is 0 Å². The largest absolute Gasteiger partial charge is 0.478 e. The maximum atomic E-state index is 10.3. The van der Waals surface area contributed by atoms with Crippen LogP contribution in [0.1, 0.15) is 5.89 Å². The molecule has 82 valence electrons. The van der Waals surface area contributed by atoms with Gasteiger partial charge in [0.2, 0.25) is 5.89 Å². The first kappa shape index (κ1) is 10.8. The molecule has 0 bridgehead atoms. The van der Waals surface area contributed by atoms with Crippen molar-refractivity contribution in [2.24, 2.45) is 0 Å². The molecule has 2 aromatic heterocycles. The minimum Gasteiger partial charge on any atom is -0.478 e. The normalized spacial score (nSPS) is 11.1. The summed E-state index contributed by atoms with van der Waals surface area (Å²) in [7, 11) is 0. The number of nitrogens with zero attached hydrogens (tertiary/aromatic N) is 2. The lowest BCUT2D eigenvalue weighted by atomic mass is 10.5. The molecule has 2 rings (SSSR count). The molecule has 5 nitrogen and oxygen atoms in total. The van der Waals surface area contributed by atoms with E-state index in [1.165, 1.54) is 17.4 Å². The van der Waals surface area contributed by atoms with Crippen molar-refractivity contribution in [2.75, 3.05) is 0 Å². The zero-order valence-corrected chi connectivity index (χ0v) is 9.33. The summed E-state index contributed by atoms with van der Waals surface area (Å²) in [5, 5.41) is 15.8. The lowest BCUT2D eigenvalue weighted by Gasteiger charge is -1.84. The third kappa shape index (κ3) is 2.47. The average Bonchev–Trinajstić information content (AvgIpc) is 2.83. The van der Waals surface area contributed by atoms with Crippen molar-refractivity contribution in [3.05, 3.63) is 28.4 Å². The Morgan fingerprint density at radius 3 is 2.94 bits per heavy atom. The van der Waals surface area contributed by atoms with E-state index in [1.807, 2.05) is 0 Å². The number of hydrogen-bond acceptors (Lipinski definition) is 5. The van der Waals surface area contributed by atoms with E-state index in [0.29, 0.717) is 10.2 Å². The molecule has 16 heavy (non-hydrogen) atoms. The number of aromatic nitrogens is 2. The number of thiophene rings is 1. The van der Waals surface area contributed by atoms with Crippen LogP contribution >= 0.6 is 22.9 Å². The number of carboxylic acid groups (broad SMARTS) is 1. The van der Waals surface area contributed by atoms with Crippen LogP contribution in [0.2, 0.25) is 4.34 Å². The molecule has 0 radical (unpaired) electrons. The van der Waals surface area contributed by atoms with E-state index in [2.05, 4.69) is 10.2 Å². The molecule has 0 aromatic carbocycles. The van der Waals surface area contributed by atoms with Crippen molar-refractivity contribution in [1.82, 2.24) is 10.2 Å². The first-order valence-corrected chi connectivity index (χ1v) is 5.35. The van der Waals surface area contributed by atoms with Crippen LogP contribution in [0.4, 0.5) is 0 Å². The van der Waals surface area contributed by atoms with E-state index in [1.54, 1.807) is 12.1 Å².